The van der Waals surface area contributed by atoms with Gasteiger partial charge in [-0.25, -0.2) is 0 Å². The normalized spacial score (nSPS) is 38.0. The van der Waals surface area contributed by atoms with Crippen LogP contribution < -0.4 is 5.32 Å². The van der Waals surface area contributed by atoms with Gasteiger partial charge in [0.1, 0.15) is 0 Å². The van der Waals surface area contributed by atoms with Gasteiger partial charge in [-0.3, -0.25) is 0 Å². The molecule has 0 bridgehead atoms. The molecule has 3 heteroatoms. The molecule has 0 saturated heterocycles. The summed E-state index contributed by atoms with van der Waals surface area (Å²) in [7, 11) is 4.39. The van der Waals surface area contributed by atoms with E-state index in [9.17, 15) is 5.11 Å². The number of nitrogens with one attached hydrogen (secondary N) is 1. The summed E-state index contributed by atoms with van der Waals surface area (Å²) in [4.78, 5) is 2.51. The van der Waals surface area contributed by atoms with E-state index in [0.717, 1.165) is 30.6 Å². The highest BCUT2D eigenvalue weighted by molar-refractivity contribution is 4.87. The summed E-state index contributed by atoms with van der Waals surface area (Å²) in [5.41, 5.74) is 0. The van der Waals surface area contributed by atoms with Crippen molar-refractivity contribution < 1.29 is 5.11 Å². The fourth-order valence-corrected chi connectivity index (χ4v) is 4.38. The van der Waals surface area contributed by atoms with Gasteiger partial charge in [0.05, 0.1) is 6.10 Å². The molecule has 2 rings (SSSR count). The van der Waals surface area contributed by atoms with Crippen molar-refractivity contribution in [2.24, 2.45) is 17.8 Å². The SMILES string of the molecule is CCCC1CCC(NC)C(CN(C)CC2CC(O)C2)C1. The molecule has 0 aromatic heterocycles. The number of hydrogen-bond donors (Lipinski definition) is 2. The third-order valence-electron chi connectivity index (χ3n) is 5.49. The van der Waals surface area contributed by atoms with Crippen LogP contribution in [0.4, 0.5) is 0 Å². The summed E-state index contributed by atoms with van der Waals surface area (Å²) < 4.78 is 0. The highest BCUT2D eigenvalue weighted by atomic mass is 16.3. The first kappa shape index (κ1) is 16.3. The van der Waals surface area contributed by atoms with E-state index in [2.05, 4.69) is 31.2 Å². The molecule has 2 fully saturated rings. The summed E-state index contributed by atoms with van der Waals surface area (Å²) >= 11 is 0. The summed E-state index contributed by atoms with van der Waals surface area (Å²) in [5, 5.41) is 12.9. The summed E-state index contributed by atoms with van der Waals surface area (Å²) in [6, 6.07) is 0.706. The van der Waals surface area contributed by atoms with E-state index >= 15 is 0 Å². The fraction of sp³-hybridized carbons (Fsp3) is 1.00. The molecular weight excluding hydrogens is 248 g/mol. The largest absolute Gasteiger partial charge is 0.393 e. The molecule has 0 amide bonds. The third-order valence-corrected chi connectivity index (χ3v) is 5.49. The zero-order valence-electron chi connectivity index (χ0n) is 13.6. The van der Waals surface area contributed by atoms with Gasteiger partial charge < -0.3 is 15.3 Å². The van der Waals surface area contributed by atoms with Crippen molar-refractivity contribution in [2.75, 3.05) is 27.2 Å². The molecule has 20 heavy (non-hydrogen) atoms. The minimum absolute atomic E-state index is 0.0120. The van der Waals surface area contributed by atoms with E-state index in [1.807, 2.05) is 0 Å². The lowest BCUT2D eigenvalue weighted by Gasteiger charge is -2.40. The Morgan fingerprint density at radius 1 is 1.10 bits per heavy atom. The lowest BCUT2D eigenvalue weighted by atomic mass is 9.76. The van der Waals surface area contributed by atoms with Crippen LogP contribution in [0, 0.1) is 17.8 Å². The standard InChI is InChI=1S/C17H34N2O/c1-4-5-13-6-7-17(18-2)15(8-13)12-19(3)11-14-9-16(20)10-14/h13-18,20H,4-12H2,1-3H3. The summed E-state index contributed by atoms with van der Waals surface area (Å²) in [5.74, 6) is 2.49. The van der Waals surface area contributed by atoms with Crippen molar-refractivity contribution in [3.05, 3.63) is 0 Å². The molecule has 118 valence electrons. The van der Waals surface area contributed by atoms with E-state index in [0.29, 0.717) is 6.04 Å². The second-order valence-electron chi connectivity index (χ2n) is 7.34. The maximum Gasteiger partial charge on any atom is 0.0546 e. The topological polar surface area (TPSA) is 35.5 Å². The zero-order chi connectivity index (χ0) is 14.5. The minimum atomic E-state index is -0.0120. The van der Waals surface area contributed by atoms with Gasteiger partial charge in [0.25, 0.3) is 0 Å². The molecule has 0 aromatic carbocycles. The molecular formula is C17H34N2O. The number of aliphatic hydroxyl groups excluding tert-OH is 1. The summed E-state index contributed by atoms with van der Waals surface area (Å²) in [6.45, 7) is 4.70. The van der Waals surface area contributed by atoms with Gasteiger partial charge in [-0.15, -0.1) is 0 Å². The van der Waals surface area contributed by atoms with Crippen LogP contribution in [0.15, 0.2) is 0 Å². The molecule has 3 atom stereocenters. The maximum atomic E-state index is 9.40. The molecule has 2 saturated carbocycles. The quantitative estimate of drug-likeness (QED) is 0.753. The minimum Gasteiger partial charge on any atom is -0.393 e. The Bertz CT molecular complexity index is 278. The van der Waals surface area contributed by atoms with E-state index in [1.165, 1.54) is 45.2 Å². The molecule has 2 aliphatic rings. The van der Waals surface area contributed by atoms with E-state index in [-0.39, 0.29) is 6.10 Å². The second-order valence-corrected chi connectivity index (χ2v) is 7.34. The van der Waals surface area contributed by atoms with Gasteiger partial charge in [0.15, 0.2) is 0 Å². The van der Waals surface area contributed by atoms with Gasteiger partial charge in [-0.1, -0.05) is 19.8 Å². The Labute approximate surface area is 125 Å². The van der Waals surface area contributed by atoms with Gasteiger partial charge >= 0.3 is 0 Å². The molecule has 3 unspecified atom stereocenters. The van der Waals surface area contributed by atoms with E-state index in [1.54, 1.807) is 0 Å². The Balaban J connectivity index is 1.77. The first-order chi connectivity index (χ1) is 9.62. The van der Waals surface area contributed by atoms with Gasteiger partial charge in [0.2, 0.25) is 0 Å². The van der Waals surface area contributed by atoms with Crippen LogP contribution in [0.2, 0.25) is 0 Å². The second kappa shape index (κ2) is 7.77. The zero-order valence-corrected chi connectivity index (χ0v) is 13.6. The number of rotatable bonds is 7. The lowest BCUT2D eigenvalue weighted by Crippen LogP contribution is -2.45. The van der Waals surface area contributed by atoms with Gasteiger partial charge in [0, 0.05) is 19.1 Å². The first-order valence-electron chi connectivity index (χ1n) is 8.66. The molecule has 3 nitrogen and oxygen atoms in total. The van der Waals surface area contributed by atoms with Gasteiger partial charge in [-0.05, 0) is 64.0 Å². The Hall–Kier alpha value is -0.120. The van der Waals surface area contributed by atoms with Crippen molar-refractivity contribution in [3.63, 3.8) is 0 Å². The molecule has 0 aliphatic heterocycles. The smallest absolute Gasteiger partial charge is 0.0546 e. The number of hydrogen-bond acceptors (Lipinski definition) is 3. The first-order valence-corrected chi connectivity index (χ1v) is 8.66. The van der Waals surface area contributed by atoms with Crippen molar-refractivity contribution in [1.29, 1.82) is 0 Å². The monoisotopic (exact) mass is 282 g/mol. The Kier molecular flexibility index (Phi) is 6.31. The van der Waals surface area contributed by atoms with Gasteiger partial charge in [-0.2, -0.15) is 0 Å². The average Bonchev–Trinajstić information content (AvgIpc) is 2.37. The molecule has 0 heterocycles. The lowest BCUT2D eigenvalue weighted by molar-refractivity contribution is 0.0235. The van der Waals surface area contributed by atoms with Crippen molar-refractivity contribution >= 4 is 0 Å². The third kappa shape index (κ3) is 4.44. The maximum absolute atomic E-state index is 9.40. The molecule has 0 spiro atoms. The van der Waals surface area contributed by atoms with Crippen LogP contribution in [0.25, 0.3) is 0 Å². The predicted octanol–water partition coefficient (Wildman–Crippen LogP) is 2.49. The van der Waals surface area contributed by atoms with Crippen LogP contribution in [0.3, 0.4) is 0 Å². The molecule has 0 radical (unpaired) electrons. The number of nitrogens with zero attached hydrogens (tertiary/aromatic N) is 1. The molecule has 2 N–H and O–H groups in total. The Morgan fingerprint density at radius 2 is 1.85 bits per heavy atom. The van der Waals surface area contributed by atoms with E-state index < -0.39 is 0 Å². The Morgan fingerprint density at radius 3 is 2.45 bits per heavy atom. The van der Waals surface area contributed by atoms with Crippen LogP contribution in [0.1, 0.15) is 51.9 Å². The predicted molar refractivity (Wildman–Crippen MR) is 84.8 cm³/mol. The highest BCUT2D eigenvalue weighted by Gasteiger charge is 2.32. The molecule has 2 aliphatic carbocycles. The van der Waals surface area contributed by atoms with Crippen molar-refractivity contribution in [1.82, 2.24) is 10.2 Å². The fourth-order valence-electron chi connectivity index (χ4n) is 4.38. The highest BCUT2D eigenvalue weighted by Crippen LogP contribution is 2.33. The van der Waals surface area contributed by atoms with Crippen molar-refractivity contribution in [3.8, 4) is 0 Å². The van der Waals surface area contributed by atoms with Crippen LogP contribution in [-0.4, -0.2) is 49.3 Å². The number of aliphatic hydroxyl groups is 1. The van der Waals surface area contributed by atoms with Crippen LogP contribution >= 0.6 is 0 Å². The van der Waals surface area contributed by atoms with Crippen molar-refractivity contribution in [2.45, 2.75) is 64.0 Å². The molecule has 0 aromatic rings. The van der Waals surface area contributed by atoms with E-state index in [4.69, 9.17) is 0 Å². The average molecular weight is 282 g/mol. The summed E-state index contributed by atoms with van der Waals surface area (Å²) in [6.07, 6.45) is 8.92. The van der Waals surface area contributed by atoms with Crippen LogP contribution in [-0.2, 0) is 0 Å². The van der Waals surface area contributed by atoms with Crippen LogP contribution in [0.5, 0.6) is 0 Å².